The van der Waals surface area contributed by atoms with Gasteiger partial charge in [0, 0.05) is 12.1 Å². The molecule has 1 aliphatic heterocycles. The minimum absolute atomic E-state index is 0.424. The summed E-state index contributed by atoms with van der Waals surface area (Å²) in [7, 11) is 0. The van der Waals surface area contributed by atoms with Gasteiger partial charge >= 0.3 is 0 Å². The molecule has 0 aliphatic carbocycles. The Morgan fingerprint density at radius 2 is 2.67 bits per heavy atom. The number of hydrazone groups is 1. The molecule has 0 bridgehead atoms. The van der Waals surface area contributed by atoms with Crippen LogP contribution < -0.4 is 5.43 Å². The Bertz CT molecular complexity index is 122. The number of aliphatic hydroxyl groups is 1. The van der Waals surface area contributed by atoms with Crippen LogP contribution in [0.3, 0.4) is 0 Å². The van der Waals surface area contributed by atoms with E-state index in [2.05, 4.69) is 17.5 Å². The molecule has 1 unspecified atom stereocenters. The van der Waals surface area contributed by atoms with E-state index in [1.165, 1.54) is 0 Å². The summed E-state index contributed by atoms with van der Waals surface area (Å²) < 4.78 is 0. The summed E-state index contributed by atoms with van der Waals surface area (Å²) in [5.41, 5.74) is 3.69. The van der Waals surface area contributed by atoms with Crippen molar-refractivity contribution in [1.29, 1.82) is 0 Å². The van der Waals surface area contributed by atoms with Gasteiger partial charge in [0.05, 0.1) is 0 Å². The third-order valence-corrected chi connectivity index (χ3v) is 1.34. The van der Waals surface area contributed by atoms with Crippen LogP contribution >= 0.6 is 0 Å². The van der Waals surface area contributed by atoms with Gasteiger partial charge in [0.25, 0.3) is 0 Å². The van der Waals surface area contributed by atoms with Crippen molar-refractivity contribution in [2.24, 2.45) is 5.10 Å². The molecule has 1 atom stereocenters. The summed E-state index contributed by atoms with van der Waals surface area (Å²) in [5, 5.41) is 12.8. The van der Waals surface area contributed by atoms with Crippen molar-refractivity contribution in [2.45, 2.75) is 32.4 Å². The molecular formula is C6H12N2O. The average molecular weight is 128 g/mol. The fraction of sp³-hybridized carbons (Fsp3) is 0.833. The van der Waals surface area contributed by atoms with Gasteiger partial charge < -0.3 is 5.11 Å². The van der Waals surface area contributed by atoms with E-state index in [1.807, 2.05) is 0 Å². The highest BCUT2D eigenvalue weighted by molar-refractivity contribution is 5.85. The van der Waals surface area contributed by atoms with Crippen molar-refractivity contribution in [3.8, 4) is 0 Å². The Hall–Kier alpha value is -0.570. The number of nitrogens with one attached hydrogen (secondary N) is 1. The minimum atomic E-state index is -0.424. The first-order chi connectivity index (χ1) is 4.33. The molecule has 0 saturated carbocycles. The van der Waals surface area contributed by atoms with Crippen LogP contribution in [0.2, 0.25) is 0 Å². The zero-order valence-electron chi connectivity index (χ0n) is 5.59. The highest BCUT2D eigenvalue weighted by Gasteiger charge is 2.12. The molecule has 0 radical (unpaired) electrons. The van der Waals surface area contributed by atoms with Crippen LogP contribution in [-0.2, 0) is 0 Å². The molecule has 0 fully saturated rings. The number of hydrogen-bond acceptors (Lipinski definition) is 3. The van der Waals surface area contributed by atoms with Crippen molar-refractivity contribution in [1.82, 2.24) is 5.43 Å². The topological polar surface area (TPSA) is 44.6 Å². The van der Waals surface area contributed by atoms with Crippen LogP contribution in [0, 0.1) is 0 Å². The van der Waals surface area contributed by atoms with E-state index in [4.69, 9.17) is 5.11 Å². The van der Waals surface area contributed by atoms with Crippen LogP contribution in [0.15, 0.2) is 5.10 Å². The lowest BCUT2D eigenvalue weighted by Crippen LogP contribution is -2.17. The smallest absolute Gasteiger partial charge is 0.145 e. The molecule has 9 heavy (non-hydrogen) atoms. The second-order valence-corrected chi connectivity index (χ2v) is 2.28. The lowest BCUT2D eigenvalue weighted by molar-refractivity contribution is 0.158. The molecule has 0 aromatic rings. The van der Waals surface area contributed by atoms with Crippen LogP contribution in [-0.4, -0.2) is 17.0 Å². The summed E-state index contributed by atoms with van der Waals surface area (Å²) in [5.74, 6) is 0. The molecule has 1 aliphatic rings. The van der Waals surface area contributed by atoms with Crippen molar-refractivity contribution in [3.63, 3.8) is 0 Å². The molecule has 1 heterocycles. The monoisotopic (exact) mass is 128 g/mol. The zero-order chi connectivity index (χ0) is 6.69. The van der Waals surface area contributed by atoms with E-state index in [9.17, 15) is 0 Å². The third-order valence-electron chi connectivity index (χ3n) is 1.34. The van der Waals surface area contributed by atoms with Gasteiger partial charge in [-0.05, 0) is 6.42 Å². The molecule has 0 aromatic heterocycles. The standard InChI is InChI=1S/C6H12N2O/c1-2-3-5-4-6(9)8-7-5/h6,8-9H,2-4H2,1H3. The average Bonchev–Trinajstić information content (AvgIpc) is 2.17. The first-order valence-electron chi connectivity index (χ1n) is 3.32. The maximum Gasteiger partial charge on any atom is 0.145 e. The highest BCUT2D eigenvalue weighted by atomic mass is 16.3. The summed E-state index contributed by atoms with van der Waals surface area (Å²) in [6.45, 7) is 2.10. The summed E-state index contributed by atoms with van der Waals surface area (Å²) >= 11 is 0. The molecule has 3 nitrogen and oxygen atoms in total. The second-order valence-electron chi connectivity index (χ2n) is 2.28. The first kappa shape index (κ1) is 6.55. The van der Waals surface area contributed by atoms with E-state index in [1.54, 1.807) is 0 Å². The lowest BCUT2D eigenvalue weighted by Gasteiger charge is -1.96. The molecular weight excluding hydrogens is 116 g/mol. The molecule has 1 rings (SSSR count). The van der Waals surface area contributed by atoms with E-state index in [0.717, 1.165) is 18.6 Å². The van der Waals surface area contributed by atoms with Crippen molar-refractivity contribution < 1.29 is 5.11 Å². The van der Waals surface area contributed by atoms with Gasteiger partial charge in [0.15, 0.2) is 0 Å². The Labute approximate surface area is 54.8 Å². The lowest BCUT2D eigenvalue weighted by atomic mass is 10.2. The molecule has 52 valence electrons. The van der Waals surface area contributed by atoms with Crippen molar-refractivity contribution >= 4 is 5.71 Å². The van der Waals surface area contributed by atoms with Crippen LogP contribution in [0.1, 0.15) is 26.2 Å². The van der Waals surface area contributed by atoms with Crippen molar-refractivity contribution in [2.75, 3.05) is 0 Å². The molecule has 3 heteroatoms. The highest BCUT2D eigenvalue weighted by Crippen LogP contribution is 2.04. The third kappa shape index (κ3) is 1.68. The predicted molar refractivity (Wildman–Crippen MR) is 36.1 cm³/mol. The Morgan fingerprint density at radius 3 is 3.11 bits per heavy atom. The first-order valence-corrected chi connectivity index (χ1v) is 3.32. The summed E-state index contributed by atoms with van der Waals surface area (Å²) in [6.07, 6.45) is 2.39. The van der Waals surface area contributed by atoms with Crippen molar-refractivity contribution in [3.05, 3.63) is 0 Å². The van der Waals surface area contributed by atoms with Gasteiger partial charge in [0.2, 0.25) is 0 Å². The summed E-state index contributed by atoms with van der Waals surface area (Å²) in [6, 6.07) is 0. The Kier molecular flexibility index (Phi) is 2.05. The van der Waals surface area contributed by atoms with E-state index >= 15 is 0 Å². The van der Waals surface area contributed by atoms with Crippen LogP contribution in [0.4, 0.5) is 0 Å². The van der Waals surface area contributed by atoms with Gasteiger partial charge in [-0.2, -0.15) is 5.10 Å². The number of hydrogen-bond donors (Lipinski definition) is 2. The Balaban J connectivity index is 2.27. The van der Waals surface area contributed by atoms with E-state index in [-0.39, 0.29) is 0 Å². The summed E-state index contributed by atoms with van der Waals surface area (Å²) in [4.78, 5) is 0. The second kappa shape index (κ2) is 2.82. The predicted octanol–water partition coefficient (Wildman–Crippen LogP) is 0.454. The molecule has 2 N–H and O–H groups in total. The van der Waals surface area contributed by atoms with E-state index in [0.29, 0.717) is 6.42 Å². The zero-order valence-corrected chi connectivity index (χ0v) is 5.59. The Morgan fingerprint density at radius 1 is 1.89 bits per heavy atom. The van der Waals surface area contributed by atoms with E-state index < -0.39 is 6.23 Å². The number of rotatable bonds is 2. The van der Waals surface area contributed by atoms with Gasteiger partial charge in [0.1, 0.15) is 6.23 Å². The normalized spacial score (nSPS) is 25.6. The SMILES string of the molecule is CCCC1=NNC(O)C1. The van der Waals surface area contributed by atoms with Crippen LogP contribution in [0.25, 0.3) is 0 Å². The maximum atomic E-state index is 8.90. The van der Waals surface area contributed by atoms with Gasteiger partial charge in [-0.3, -0.25) is 5.43 Å². The molecule has 0 amide bonds. The molecule has 0 aromatic carbocycles. The van der Waals surface area contributed by atoms with Gasteiger partial charge in [-0.25, -0.2) is 0 Å². The van der Waals surface area contributed by atoms with Gasteiger partial charge in [-0.1, -0.05) is 13.3 Å². The minimum Gasteiger partial charge on any atom is -0.372 e. The molecule has 0 saturated heterocycles. The number of nitrogens with zero attached hydrogens (tertiary/aromatic N) is 1. The van der Waals surface area contributed by atoms with Gasteiger partial charge in [-0.15, -0.1) is 0 Å². The fourth-order valence-electron chi connectivity index (χ4n) is 0.927. The number of aliphatic hydroxyl groups excluding tert-OH is 1. The quantitative estimate of drug-likeness (QED) is 0.567. The van der Waals surface area contributed by atoms with Crippen LogP contribution in [0.5, 0.6) is 0 Å². The fourth-order valence-corrected chi connectivity index (χ4v) is 0.927. The maximum absolute atomic E-state index is 8.90. The largest absolute Gasteiger partial charge is 0.372 e. The molecule has 0 spiro atoms.